The molecule has 0 aliphatic carbocycles. The molecule has 1 aliphatic rings. The lowest BCUT2D eigenvalue weighted by Crippen LogP contribution is -2.47. The average Bonchev–Trinajstić information content (AvgIpc) is 3.28. The van der Waals surface area contributed by atoms with E-state index in [0.29, 0.717) is 5.02 Å². The van der Waals surface area contributed by atoms with Gasteiger partial charge in [0.1, 0.15) is 0 Å². The van der Waals surface area contributed by atoms with Gasteiger partial charge in [0.05, 0.1) is 6.04 Å². The third-order valence-electron chi connectivity index (χ3n) is 6.54. The molecule has 1 amide bonds. The van der Waals surface area contributed by atoms with Crippen molar-refractivity contribution in [3.8, 4) is 0 Å². The van der Waals surface area contributed by atoms with Crippen LogP contribution in [-0.4, -0.2) is 29.4 Å². The number of likely N-dealkylation sites (tertiary alicyclic amines) is 1. The first-order chi connectivity index (χ1) is 16.0. The zero-order valence-corrected chi connectivity index (χ0v) is 20.4. The highest BCUT2D eigenvalue weighted by atomic mass is 35.5. The maximum atomic E-state index is 13.4. The number of benzene rings is 3. The van der Waals surface area contributed by atoms with Gasteiger partial charge < -0.3 is 5.32 Å². The van der Waals surface area contributed by atoms with Gasteiger partial charge in [-0.25, -0.2) is 0 Å². The second-order valence-electron chi connectivity index (χ2n) is 8.90. The highest BCUT2D eigenvalue weighted by molar-refractivity contribution is 6.30. The molecule has 3 aromatic carbocycles. The number of carbonyl (C=O) groups is 1. The molecule has 33 heavy (non-hydrogen) atoms. The monoisotopic (exact) mass is 480 g/mol. The van der Waals surface area contributed by atoms with Crippen LogP contribution in [0.25, 0.3) is 0 Å². The van der Waals surface area contributed by atoms with Crippen LogP contribution in [0.15, 0.2) is 78.9 Å². The Morgan fingerprint density at radius 3 is 2.24 bits per heavy atom. The zero-order chi connectivity index (χ0) is 23.2. The van der Waals surface area contributed by atoms with E-state index < -0.39 is 0 Å². The summed E-state index contributed by atoms with van der Waals surface area (Å²) in [4.78, 5) is 15.7. The van der Waals surface area contributed by atoms with E-state index in [0.717, 1.165) is 42.9 Å². The van der Waals surface area contributed by atoms with Crippen molar-refractivity contribution in [2.45, 2.75) is 50.7 Å². The van der Waals surface area contributed by atoms with Crippen LogP contribution < -0.4 is 5.32 Å². The van der Waals surface area contributed by atoms with Gasteiger partial charge in [-0.1, -0.05) is 77.8 Å². The van der Waals surface area contributed by atoms with Crippen molar-refractivity contribution in [3.05, 3.63) is 106 Å². The molecule has 3 aromatic rings. The van der Waals surface area contributed by atoms with E-state index in [9.17, 15) is 4.79 Å². The number of halogens is 2. The fraction of sp³-hybridized carbons (Fsp3) is 0.321. The summed E-state index contributed by atoms with van der Waals surface area (Å²) in [5.41, 5.74) is 3.59. The lowest BCUT2D eigenvalue weighted by molar-refractivity contribution is -0.126. The number of nitrogens with one attached hydrogen (secondary N) is 1. The number of hydrogen-bond donors (Lipinski definition) is 1. The molecule has 1 heterocycles. The first-order valence-electron chi connectivity index (χ1n) is 11.6. The summed E-state index contributed by atoms with van der Waals surface area (Å²) in [6.45, 7) is 3.86. The molecule has 1 N–H and O–H groups in total. The summed E-state index contributed by atoms with van der Waals surface area (Å²) in [6, 6.07) is 26.1. The molecular formula is C28H30Cl2N2O. The average molecular weight is 481 g/mol. The fourth-order valence-electron chi connectivity index (χ4n) is 4.72. The molecule has 1 unspecified atom stereocenters. The summed E-state index contributed by atoms with van der Waals surface area (Å²) in [5, 5.41) is 4.78. The van der Waals surface area contributed by atoms with E-state index in [1.165, 1.54) is 11.1 Å². The molecule has 3 nitrogen and oxygen atoms in total. The van der Waals surface area contributed by atoms with E-state index in [2.05, 4.69) is 65.7 Å². The summed E-state index contributed by atoms with van der Waals surface area (Å²) in [6.07, 6.45) is 2.75. The Hall–Kier alpha value is -2.33. The van der Waals surface area contributed by atoms with Gasteiger partial charge in [0.15, 0.2) is 0 Å². The highest BCUT2D eigenvalue weighted by Crippen LogP contribution is 2.28. The number of carbonyl (C=O) groups excluding carboxylic acids is 1. The molecule has 0 saturated carbocycles. The van der Waals surface area contributed by atoms with E-state index in [1.807, 2.05) is 30.3 Å². The van der Waals surface area contributed by atoms with Crippen molar-refractivity contribution in [1.82, 2.24) is 10.2 Å². The number of amides is 1. The van der Waals surface area contributed by atoms with Crippen LogP contribution in [-0.2, 0) is 17.8 Å². The van der Waals surface area contributed by atoms with E-state index >= 15 is 0 Å². The van der Waals surface area contributed by atoms with Gasteiger partial charge in [-0.3, -0.25) is 9.69 Å². The molecule has 4 rings (SSSR count). The van der Waals surface area contributed by atoms with Crippen molar-refractivity contribution >= 4 is 29.1 Å². The van der Waals surface area contributed by atoms with Gasteiger partial charge >= 0.3 is 0 Å². The topological polar surface area (TPSA) is 32.3 Å². The third kappa shape index (κ3) is 6.38. The Kier molecular flexibility index (Phi) is 8.08. The van der Waals surface area contributed by atoms with Gasteiger partial charge in [-0.05, 0) is 73.7 Å². The van der Waals surface area contributed by atoms with Crippen molar-refractivity contribution in [2.75, 3.05) is 6.54 Å². The number of rotatable bonds is 8. The van der Waals surface area contributed by atoms with Gasteiger partial charge in [-0.15, -0.1) is 0 Å². The lowest BCUT2D eigenvalue weighted by atomic mass is 9.86. The molecule has 172 valence electrons. The minimum Gasteiger partial charge on any atom is -0.352 e. The van der Waals surface area contributed by atoms with Crippen LogP contribution in [0.5, 0.6) is 0 Å². The molecule has 0 radical (unpaired) electrons. The predicted molar refractivity (Wildman–Crippen MR) is 137 cm³/mol. The Morgan fingerprint density at radius 2 is 1.58 bits per heavy atom. The van der Waals surface area contributed by atoms with Crippen molar-refractivity contribution in [2.24, 2.45) is 0 Å². The highest BCUT2D eigenvalue weighted by Gasteiger charge is 2.32. The van der Waals surface area contributed by atoms with Crippen LogP contribution >= 0.6 is 23.2 Å². The predicted octanol–water partition coefficient (Wildman–Crippen LogP) is 6.49. The first kappa shape index (κ1) is 23.8. The Labute approximate surface area is 206 Å². The quantitative estimate of drug-likeness (QED) is 0.399. The first-order valence-corrected chi connectivity index (χ1v) is 12.3. The maximum Gasteiger partial charge on any atom is 0.237 e. The molecule has 0 aromatic heterocycles. The zero-order valence-electron chi connectivity index (χ0n) is 18.9. The molecule has 1 aliphatic heterocycles. The molecule has 5 heteroatoms. The van der Waals surface area contributed by atoms with Gasteiger partial charge in [0.2, 0.25) is 5.91 Å². The van der Waals surface area contributed by atoms with Gasteiger partial charge in [-0.2, -0.15) is 0 Å². The smallest absolute Gasteiger partial charge is 0.237 e. The molecule has 3 atom stereocenters. The summed E-state index contributed by atoms with van der Waals surface area (Å²) < 4.78 is 0. The van der Waals surface area contributed by atoms with Gasteiger partial charge in [0, 0.05) is 28.5 Å². The minimum absolute atomic E-state index is 0.0338. The normalized spacial score (nSPS) is 18.1. The number of hydrogen-bond acceptors (Lipinski definition) is 2. The second-order valence-corrected chi connectivity index (χ2v) is 9.77. The Balaban J connectivity index is 1.48. The van der Waals surface area contributed by atoms with Crippen LogP contribution in [0.3, 0.4) is 0 Å². The largest absolute Gasteiger partial charge is 0.352 e. The lowest BCUT2D eigenvalue weighted by Gasteiger charge is -2.29. The maximum absolute atomic E-state index is 13.4. The molecule has 0 bridgehead atoms. The summed E-state index contributed by atoms with van der Waals surface area (Å²) in [7, 11) is 0. The second kappa shape index (κ2) is 11.2. The van der Waals surface area contributed by atoms with Crippen molar-refractivity contribution in [3.63, 3.8) is 0 Å². The Bertz CT molecular complexity index is 1040. The molecule has 1 saturated heterocycles. The van der Waals surface area contributed by atoms with E-state index in [4.69, 9.17) is 23.2 Å². The van der Waals surface area contributed by atoms with Crippen LogP contribution in [0.1, 0.15) is 42.4 Å². The van der Waals surface area contributed by atoms with Crippen molar-refractivity contribution in [1.29, 1.82) is 0 Å². The summed E-state index contributed by atoms with van der Waals surface area (Å²) >= 11 is 12.2. The third-order valence-corrected chi connectivity index (χ3v) is 7.04. The fourth-order valence-corrected chi connectivity index (χ4v) is 4.97. The van der Waals surface area contributed by atoms with E-state index in [1.54, 1.807) is 0 Å². The van der Waals surface area contributed by atoms with Gasteiger partial charge in [0.25, 0.3) is 0 Å². The Morgan fingerprint density at radius 1 is 0.939 bits per heavy atom. The van der Waals surface area contributed by atoms with Crippen LogP contribution in [0, 0.1) is 0 Å². The van der Waals surface area contributed by atoms with E-state index in [-0.39, 0.29) is 23.9 Å². The minimum atomic E-state index is -0.0888. The molecular weight excluding hydrogens is 451 g/mol. The summed E-state index contributed by atoms with van der Waals surface area (Å²) in [5.74, 6) is 0.238. The van der Waals surface area contributed by atoms with Crippen LogP contribution in [0.2, 0.25) is 10.0 Å². The SMILES string of the molecule is C[C@@H](NC(=O)C1CCCN1Cc1ccccc1)[C@H](Cc1ccc(Cl)cc1)c1ccc(Cl)cc1. The molecule has 1 fully saturated rings. The number of nitrogens with zero attached hydrogens (tertiary/aromatic N) is 1. The van der Waals surface area contributed by atoms with Crippen LogP contribution in [0.4, 0.5) is 0 Å². The van der Waals surface area contributed by atoms with Crippen molar-refractivity contribution < 1.29 is 4.79 Å². The standard InChI is InChI=1S/C28H30Cl2N2O/c1-20(31-28(33)27-8-5-17-32(27)19-22-6-3-2-4-7-22)26(23-11-15-25(30)16-12-23)18-21-9-13-24(29)14-10-21/h2-4,6-7,9-16,20,26-27H,5,8,17-19H2,1H3,(H,31,33)/t20-,26+,27?/m1/s1. The molecule has 0 spiro atoms.